The van der Waals surface area contributed by atoms with Crippen LogP contribution >= 0.6 is 0 Å². The average molecular weight is 225 g/mol. The van der Waals surface area contributed by atoms with Crippen molar-refractivity contribution in [3.8, 4) is 0 Å². The summed E-state index contributed by atoms with van der Waals surface area (Å²) in [7, 11) is 1.52. The van der Waals surface area contributed by atoms with Gasteiger partial charge in [0.25, 0.3) is 0 Å². The number of fused-ring (bicyclic) bond motifs is 1. The lowest BCUT2D eigenvalue weighted by molar-refractivity contribution is -0.151. The van der Waals surface area contributed by atoms with Crippen LogP contribution in [0.3, 0.4) is 0 Å². The van der Waals surface area contributed by atoms with E-state index in [4.69, 9.17) is 4.74 Å². The van der Waals surface area contributed by atoms with Crippen LogP contribution in [-0.2, 0) is 9.53 Å². The molecule has 0 aromatic heterocycles. The first kappa shape index (κ1) is 11.9. The number of carbonyl (C=O) groups is 1. The molecule has 0 amide bonds. The minimum absolute atomic E-state index is 0.0275. The lowest BCUT2D eigenvalue weighted by atomic mass is 9.68. The first-order valence-corrected chi connectivity index (χ1v) is 6.56. The Hall–Kier alpha value is -0.570. The number of hydrogen-bond donors (Lipinski definition) is 0. The zero-order chi connectivity index (χ0) is 11.5. The third kappa shape index (κ3) is 2.24. The largest absolute Gasteiger partial charge is 0.469 e. The molecule has 3 nitrogen and oxygen atoms in total. The quantitative estimate of drug-likeness (QED) is 0.672. The number of piperidine rings is 1. The molecular weight excluding hydrogens is 202 g/mol. The monoisotopic (exact) mass is 225 g/mol. The molecular formula is C13H23NO2. The molecule has 1 saturated heterocycles. The Bertz CT molecular complexity index is 254. The van der Waals surface area contributed by atoms with E-state index in [0.717, 1.165) is 25.4 Å². The minimum Gasteiger partial charge on any atom is -0.469 e. The summed E-state index contributed by atoms with van der Waals surface area (Å²) < 4.78 is 4.94. The maximum atomic E-state index is 11.7. The summed E-state index contributed by atoms with van der Waals surface area (Å²) in [6, 6.07) is 0. The maximum absolute atomic E-state index is 11.7. The van der Waals surface area contributed by atoms with Crippen molar-refractivity contribution in [2.45, 2.75) is 32.6 Å². The molecule has 0 spiro atoms. The normalized spacial score (nSPS) is 35.5. The SMILES string of the molecule is CCN1CC[C@@H]2[C@@H](CCC[C@H]2C(=O)OC)C1. The summed E-state index contributed by atoms with van der Waals surface area (Å²) in [4.78, 5) is 14.3. The van der Waals surface area contributed by atoms with Crippen LogP contribution in [-0.4, -0.2) is 37.6 Å². The first-order valence-electron chi connectivity index (χ1n) is 6.56. The number of carbonyl (C=O) groups excluding carboxylic acids is 1. The van der Waals surface area contributed by atoms with Crippen molar-refractivity contribution in [3.05, 3.63) is 0 Å². The van der Waals surface area contributed by atoms with E-state index in [9.17, 15) is 4.79 Å². The fourth-order valence-corrected chi connectivity index (χ4v) is 3.51. The van der Waals surface area contributed by atoms with Gasteiger partial charge in [0.05, 0.1) is 13.0 Å². The molecule has 3 atom stereocenters. The molecule has 1 aliphatic heterocycles. The van der Waals surface area contributed by atoms with Crippen LogP contribution in [0.4, 0.5) is 0 Å². The second kappa shape index (κ2) is 5.17. The fraction of sp³-hybridized carbons (Fsp3) is 0.923. The van der Waals surface area contributed by atoms with E-state index in [0.29, 0.717) is 5.92 Å². The molecule has 0 unspecified atom stereocenters. The molecule has 1 saturated carbocycles. The van der Waals surface area contributed by atoms with Crippen molar-refractivity contribution in [2.24, 2.45) is 17.8 Å². The fourth-order valence-electron chi connectivity index (χ4n) is 3.51. The van der Waals surface area contributed by atoms with Gasteiger partial charge in [0.2, 0.25) is 0 Å². The highest BCUT2D eigenvalue weighted by Gasteiger charge is 2.40. The van der Waals surface area contributed by atoms with Crippen LogP contribution in [0.2, 0.25) is 0 Å². The predicted molar refractivity (Wildman–Crippen MR) is 63.1 cm³/mol. The molecule has 92 valence electrons. The molecule has 0 aromatic rings. The topological polar surface area (TPSA) is 29.5 Å². The molecule has 0 radical (unpaired) electrons. The average Bonchev–Trinajstić information content (AvgIpc) is 2.36. The van der Waals surface area contributed by atoms with E-state index in [1.165, 1.54) is 32.9 Å². The maximum Gasteiger partial charge on any atom is 0.308 e. The second-order valence-corrected chi connectivity index (χ2v) is 5.17. The van der Waals surface area contributed by atoms with E-state index in [1.54, 1.807) is 0 Å². The van der Waals surface area contributed by atoms with E-state index < -0.39 is 0 Å². The van der Waals surface area contributed by atoms with Crippen molar-refractivity contribution in [1.82, 2.24) is 4.90 Å². The highest BCUT2D eigenvalue weighted by Crippen LogP contribution is 2.40. The zero-order valence-corrected chi connectivity index (χ0v) is 10.4. The van der Waals surface area contributed by atoms with Crippen LogP contribution in [0.1, 0.15) is 32.6 Å². The summed E-state index contributed by atoms with van der Waals surface area (Å²) in [6.07, 6.45) is 4.71. The Morgan fingerprint density at radius 3 is 2.88 bits per heavy atom. The van der Waals surface area contributed by atoms with Gasteiger partial charge in [0.15, 0.2) is 0 Å². The molecule has 0 bridgehead atoms. The Morgan fingerprint density at radius 2 is 2.19 bits per heavy atom. The van der Waals surface area contributed by atoms with Crippen LogP contribution in [0, 0.1) is 17.8 Å². The van der Waals surface area contributed by atoms with Gasteiger partial charge in [-0.1, -0.05) is 13.3 Å². The Morgan fingerprint density at radius 1 is 1.38 bits per heavy atom. The van der Waals surface area contributed by atoms with Gasteiger partial charge < -0.3 is 9.64 Å². The van der Waals surface area contributed by atoms with Crippen LogP contribution < -0.4 is 0 Å². The highest BCUT2D eigenvalue weighted by molar-refractivity contribution is 5.72. The van der Waals surface area contributed by atoms with Crippen molar-refractivity contribution in [2.75, 3.05) is 26.7 Å². The van der Waals surface area contributed by atoms with Gasteiger partial charge in [-0.15, -0.1) is 0 Å². The summed E-state index contributed by atoms with van der Waals surface area (Å²) in [6.45, 7) is 5.72. The summed E-state index contributed by atoms with van der Waals surface area (Å²) in [5, 5.41) is 0. The number of esters is 1. The first-order chi connectivity index (χ1) is 7.76. The van der Waals surface area contributed by atoms with Gasteiger partial charge in [0.1, 0.15) is 0 Å². The van der Waals surface area contributed by atoms with Gasteiger partial charge in [-0.2, -0.15) is 0 Å². The standard InChI is InChI=1S/C13H23NO2/c1-3-14-8-7-11-10(9-14)5-4-6-12(11)13(15)16-2/h10-12H,3-9H2,1-2H3/t10-,11+,12+/m0/s1. The van der Waals surface area contributed by atoms with Gasteiger partial charge in [-0.25, -0.2) is 0 Å². The van der Waals surface area contributed by atoms with E-state index in [1.807, 2.05) is 0 Å². The minimum atomic E-state index is 0.0275. The van der Waals surface area contributed by atoms with Gasteiger partial charge in [-0.05, 0) is 44.2 Å². The highest BCUT2D eigenvalue weighted by atomic mass is 16.5. The van der Waals surface area contributed by atoms with Crippen LogP contribution in [0.25, 0.3) is 0 Å². The zero-order valence-electron chi connectivity index (χ0n) is 10.4. The number of nitrogens with zero attached hydrogens (tertiary/aromatic N) is 1. The number of ether oxygens (including phenoxy) is 1. The Kier molecular flexibility index (Phi) is 3.85. The predicted octanol–water partition coefficient (Wildman–Crippen LogP) is 1.92. The summed E-state index contributed by atoms with van der Waals surface area (Å²) in [5.74, 6) is 1.53. The summed E-state index contributed by atoms with van der Waals surface area (Å²) >= 11 is 0. The molecule has 1 aliphatic carbocycles. The smallest absolute Gasteiger partial charge is 0.308 e. The third-order valence-electron chi connectivity index (χ3n) is 4.43. The second-order valence-electron chi connectivity index (χ2n) is 5.17. The van der Waals surface area contributed by atoms with Gasteiger partial charge in [-0.3, -0.25) is 4.79 Å². The van der Waals surface area contributed by atoms with E-state index >= 15 is 0 Å². The molecule has 1 heterocycles. The number of methoxy groups -OCH3 is 1. The third-order valence-corrected chi connectivity index (χ3v) is 4.43. The lowest BCUT2D eigenvalue weighted by Crippen LogP contribution is -2.46. The molecule has 0 N–H and O–H groups in total. The van der Waals surface area contributed by atoms with E-state index in [-0.39, 0.29) is 11.9 Å². The summed E-state index contributed by atoms with van der Waals surface area (Å²) in [5.41, 5.74) is 0. The molecule has 16 heavy (non-hydrogen) atoms. The van der Waals surface area contributed by atoms with Crippen molar-refractivity contribution >= 4 is 5.97 Å². The lowest BCUT2D eigenvalue weighted by Gasteiger charge is -2.44. The van der Waals surface area contributed by atoms with Gasteiger partial charge >= 0.3 is 5.97 Å². The van der Waals surface area contributed by atoms with E-state index in [2.05, 4.69) is 11.8 Å². The molecule has 2 rings (SSSR count). The van der Waals surface area contributed by atoms with Crippen LogP contribution in [0.15, 0.2) is 0 Å². The molecule has 2 aliphatic rings. The number of hydrogen-bond acceptors (Lipinski definition) is 3. The number of likely N-dealkylation sites (tertiary alicyclic amines) is 1. The van der Waals surface area contributed by atoms with Crippen molar-refractivity contribution in [1.29, 1.82) is 0 Å². The number of rotatable bonds is 2. The van der Waals surface area contributed by atoms with Gasteiger partial charge in [0, 0.05) is 6.54 Å². The molecule has 0 aromatic carbocycles. The molecule has 3 heteroatoms. The Balaban J connectivity index is 2.01. The molecule has 2 fully saturated rings. The van der Waals surface area contributed by atoms with Crippen molar-refractivity contribution in [3.63, 3.8) is 0 Å². The Labute approximate surface area is 98.1 Å². The van der Waals surface area contributed by atoms with Crippen molar-refractivity contribution < 1.29 is 9.53 Å². The van der Waals surface area contributed by atoms with Crippen LogP contribution in [0.5, 0.6) is 0 Å².